The van der Waals surface area contributed by atoms with Crippen LogP contribution in [0.3, 0.4) is 0 Å². The molecule has 0 N–H and O–H groups in total. The van der Waals surface area contributed by atoms with Crippen molar-refractivity contribution in [1.29, 1.82) is 0 Å². The molecule has 6 nitrogen and oxygen atoms in total. The number of likely N-dealkylation sites (tertiary alicyclic amines) is 1. The van der Waals surface area contributed by atoms with E-state index in [9.17, 15) is 4.79 Å². The van der Waals surface area contributed by atoms with Gasteiger partial charge in [-0.25, -0.2) is 0 Å². The maximum absolute atomic E-state index is 12.6. The van der Waals surface area contributed by atoms with E-state index in [2.05, 4.69) is 55.2 Å². The minimum atomic E-state index is -0.0495. The molecule has 0 spiro atoms. The van der Waals surface area contributed by atoms with Gasteiger partial charge in [0.1, 0.15) is 5.75 Å². The summed E-state index contributed by atoms with van der Waals surface area (Å²) in [5, 5.41) is 4.17. The number of ether oxygens (including phenoxy) is 1. The summed E-state index contributed by atoms with van der Waals surface area (Å²) in [5.74, 6) is 2.47. The first kappa shape index (κ1) is 22.1. The van der Waals surface area contributed by atoms with E-state index in [1.54, 1.807) is 0 Å². The fourth-order valence-electron chi connectivity index (χ4n) is 3.87. The van der Waals surface area contributed by atoms with E-state index in [1.807, 2.05) is 29.2 Å². The van der Waals surface area contributed by atoms with E-state index >= 15 is 0 Å². The van der Waals surface area contributed by atoms with Gasteiger partial charge in [-0.05, 0) is 47.7 Å². The van der Waals surface area contributed by atoms with Crippen molar-refractivity contribution in [2.45, 2.75) is 58.4 Å². The SMILES string of the molecule is CCCCOc1ccc(-c2nc(C3CC(=O)N(Cc4ccc(C(C)C)cc4)C3)no2)cc1. The third-order valence-corrected chi connectivity index (χ3v) is 5.91. The number of carbonyl (C=O) groups excluding carboxylic acids is 1. The molecule has 1 aliphatic heterocycles. The molecule has 0 bridgehead atoms. The smallest absolute Gasteiger partial charge is 0.257 e. The van der Waals surface area contributed by atoms with Crippen LogP contribution in [0.5, 0.6) is 5.75 Å². The zero-order chi connectivity index (χ0) is 22.5. The first-order valence-electron chi connectivity index (χ1n) is 11.5. The van der Waals surface area contributed by atoms with Crippen LogP contribution >= 0.6 is 0 Å². The number of unbranched alkanes of at least 4 members (excludes halogenated alkanes) is 1. The van der Waals surface area contributed by atoms with Crippen molar-refractivity contribution in [3.05, 3.63) is 65.5 Å². The Morgan fingerprint density at radius 1 is 1.12 bits per heavy atom. The fourth-order valence-corrected chi connectivity index (χ4v) is 3.87. The third kappa shape index (κ3) is 5.18. The quantitative estimate of drug-likeness (QED) is 0.414. The predicted molar refractivity (Wildman–Crippen MR) is 123 cm³/mol. The van der Waals surface area contributed by atoms with E-state index in [4.69, 9.17) is 9.26 Å². The van der Waals surface area contributed by atoms with Crippen LogP contribution in [0.2, 0.25) is 0 Å². The highest BCUT2D eigenvalue weighted by molar-refractivity contribution is 5.79. The molecule has 1 aromatic heterocycles. The molecule has 3 aromatic rings. The van der Waals surface area contributed by atoms with Crippen LogP contribution in [-0.2, 0) is 11.3 Å². The predicted octanol–water partition coefficient (Wildman–Crippen LogP) is 5.56. The normalized spacial score (nSPS) is 16.2. The zero-order valence-electron chi connectivity index (χ0n) is 19.1. The lowest BCUT2D eigenvalue weighted by atomic mass is 10.0. The number of hydrogen-bond acceptors (Lipinski definition) is 5. The molecular weight excluding hydrogens is 402 g/mol. The lowest BCUT2D eigenvalue weighted by molar-refractivity contribution is -0.128. The Balaban J connectivity index is 1.37. The van der Waals surface area contributed by atoms with Gasteiger partial charge in [0.2, 0.25) is 5.91 Å². The molecule has 1 fully saturated rings. The topological polar surface area (TPSA) is 68.5 Å². The van der Waals surface area contributed by atoms with E-state index in [0.29, 0.717) is 43.8 Å². The van der Waals surface area contributed by atoms with Crippen molar-refractivity contribution in [3.8, 4) is 17.2 Å². The Hall–Kier alpha value is -3.15. The molecule has 6 heteroatoms. The number of aromatic nitrogens is 2. The Morgan fingerprint density at radius 2 is 1.88 bits per heavy atom. The van der Waals surface area contributed by atoms with E-state index in [1.165, 1.54) is 5.56 Å². The van der Waals surface area contributed by atoms with E-state index in [-0.39, 0.29) is 11.8 Å². The molecule has 0 aliphatic carbocycles. The molecule has 1 saturated heterocycles. The summed E-state index contributed by atoms with van der Waals surface area (Å²) in [6.45, 7) is 8.43. The Bertz CT molecular complexity index is 1030. The number of nitrogens with zero attached hydrogens (tertiary/aromatic N) is 3. The van der Waals surface area contributed by atoms with Crippen molar-refractivity contribution >= 4 is 5.91 Å². The standard InChI is InChI=1S/C26H31N3O3/c1-4-5-14-31-23-12-10-21(11-13-23)26-27-25(28-32-26)22-15-24(30)29(17-22)16-19-6-8-20(9-7-19)18(2)3/h6-13,18,22H,4-5,14-17H2,1-3H3. The summed E-state index contributed by atoms with van der Waals surface area (Å²) in [5.41, 5.74) is 3.29. The third-order valence-electron chi connectivity index (χ3n) is 5.91. The summed E-state index contributed by atoms with van der Waals surface area (Å²) < 4.78 is 11.2. The van der Waals surface area contributed by atoms with Gasteiger partial charge in [-0.3, -0.25) is 4.79 Å². The molecule has 4 rings (SSSR count). The summed E-state index contributed by atoms with van der Waals surface area (Å²) in [6, 6.07) is 16.2. The van der Waals surface area contributed by atoms with Gasteiger partial charge in [-0.15, -0.1) is 0 Å². The summed E-state index contributed by atoms with van der Waals surface area (Å²) in [7, 11) is 0. The molecule has 2 heterocycles. The second kappa shape index (κ2) is 9.98. The van der Waals surface area contributed by atoms with Crippen molar-refractivity contribution in [2.24, 2.45) is 0 Å². The molecule has 1 unspecified atom stereocenters. The molecule has 168 valence electrons. The first-order valence-corrected chi connectivity index (χ1v) is 11.5. The Labute approximate surface area is 189 Å². The van der Waals surface area contributed by atoms with Crippen molar-refractivity contribution < 1.29 is 14.1 Å². The van der Waals surface area contributed by atoms with Crippen LogP contribution in [0.1, 0.15) is 68.8 Å². The lowest BCUT2D eigenvalue weighted by Gasteiger charge is -2.16. The van der Waals surface area contributed by atoms with Crippen LogP contribution in [0.4, 0.5) is 0 Å². The van der Waals surface area contributed by atoms with Gasteiger partial charge >= 0.3 is 0 Å². The molecule has 2 aromatic carbocycles. The largest absolute Gasteiger partial charge is 0.494 e. The van der Waals surface area contributed by atoms with E-state index in [0.717, 1.165) is 29.7 Å². The minimum absolute atomic E-state index is 0.0495. The summed E-state index contributed by atoms with van der Waals surface area (Å²) in [6.07, 6.45) is 2.55. The fraction of sp³-hybridized carbons (Fsp3) is 0.423. The van der Waals surface area contributed by atoms with Crippen LogP contribution in [-0.4, -0.2) is 34.1 Å². The van der Waals surface area contributed by atoms with Gasteiger partial charge in [0.25, 0.3) is 5.89 Å². The van der Waals surface area contributed by atoms with Crippen LogP contribution in [0, 0.1) is 0 Å². The Kier molecular flexibility index (Phi) is 6.88. The molecule has 1 aliphatic rings. The van der Waals surface area contributed by atoms with Gasteiger partial charge < -0.3 is 14.2 Å². The molecule has 1 amide bonds. The van der Waals surface area contributed by atoms with E-state index < -0.39 is 0 Å². The van der Waals surface area contributed by atoms with Crippen molar-refractivity contribution in [1.82, 2.24) is 15.0 Å². The summed E-state index contributed by atoms with van der Waals surface area (Å²) in [4.78, 5) is 19.0. The van der Waals surface area contributed by atoms with Crippen LogP contribution in [0.15, 0.2) is 53.1 Å². The number of rotatable bonds is 9. The van der Waals surface area contributed by atoms with Gasteiger partial charge in [0, 0.05) is 31.0 Å². The highest BCUT2D eigenvalue weighted by Gasteiger charge is 2.33. The average Bonchev–Trinajstić information content (AvgIpc) is 3.42. The zero-order valence-corrected chi connectivity index (χ0v) is 19.1. The second-order valence-electron chi connectivity index (χ2n) is 8.76. The van der Waals surface area contributed by atoms with Crippen molar-refractivity contribution in [2.75, 3.05) is 13.2 Å². The lowest BCUT2D eigenvalue weighted by Crippen LogP contribution is -2.24. The number of benzene rings is 2. The van der Waals surface area contributed by atoms with Gasteiger partial charge in [0.15, 0.2) is 5.82 Å². The molecule has 32 heavy (non-hydrogen) atoms. The monoisotopic (exact) mass is 433 g/mol. The number of amides is 1. The molecule has 0 saturated carbocycles. The highest BCUT2D eigenvalue weighted by Crippen LogP contribution is 2.30. The minimum Gasteiger partial charge on any atom is -0.494 e. The first-order chi connectivity index (χ1) is 15.5. The van der Waals surface area contributed by atoms with Crippen molar-refractivity contribution in [3.63, 3.8) is 0 Å². The average molecular weight is 434 g/mol. The van der Waals surface area contributed by atoms with Gasteiger partial charge in [0.05, 0.1) is 6.61 Å². The second-order valence-corrected chi connectivity index (χ2v) is 8.76. The van der Waals surface area contributed by atoms with Crippen LogP contribution in [0.25, 0.3) is 11.5 Å². The van der Waals surface area contributed by atoms with Gasteiger partial charge in [-0.2, -0.15) is 4.98 Å². The molecular formula is C26H31N3O3. The maximum Gasteiger partial charge on any atom is 0.257 e. The number of carbonyl (C=O) groups is 1. The summed E-state index contributed by atoms with van der Waals surface area (Å²) >= 11 is 0. The molecule has 0 radical (unpaired) electrons. The molecule has 1 atom stereocenters. The van der Waals surface area contributed by atoms with Crippen LogP contribution < -0.4 is 4.74 Å². The highest BCUT2D eigenvalue weighted by atomic mass is 16.5. The Morgan fingerprint density at radius 3 is 2.56 bits per heavy atom. The van der Waals surface area contributed by atoms with Gasteiger partial charge in [-0.1, -0.05) is 56.6 Å². The maximum atomic E-state index is 12.6. The number of hydrogen-bond donors (Lipinski definition) is 0.